The third-order valence-electron chi connectivity index (χ3n) is 4.11. The summed E-state index contributed by atoms with van der Waals surface area (Å²) in [4.78, 5) is 2.76. The van der Waals surface area contributed by atoms with Gasteiger partial charge in [0, 0.05) is 30.4 Å². The molecule has 0 aromatic heterocycles. The molecule has 1 N–H and O–H groups in total. The lowest BCUT2D eigenvalue weighted by Gasteiger charge is -2.40. The third-order valence-corrected chi connectivity index (χ3v) is 5.31. The molecule has 2 heterocycles. The van der Waals surface area contributed by atoms with Gasteiger partial charge >= 0.3 is 0 Å². The van der Waals surface area contributed by atoms with Crippen molar-refractivity contribution in [2.24, 2.45) is 0 Å². The predicted octanol–water partition coefficient (Wildman–Crippen LogP) is 2.73. The summed E-state index contributed by atoms with van der Waals surface area (Å²) >= 11 is 2.15. The molecule has 2 atom stereocenters. The minimum absolute atomic E-state index is 0.697. The van der Waals surface area contributed by atoms with Crippen LogP contribution in [0.3, 0.4) is 0 Å². The van der Waals surface area contributed by atoms with E-state index in [0.717, 1.165) is 12.1 Å². The zero-order chi connectivity index (χ0) is 12.1. The van der Waals surface area contributed by atoms with Crippen molar-refractivity contribution in [3.63, 3.8) is 0 Å². The molecule has 2 nitrogen and oxygen atoms in total. The summed E-state index contributed by atoms with van der Waals surface area (Å²) in [5.74, 6) is 2.73. The van der Waals surface area contributed by atoms with E-state index < -0.39 is 0 Å². The largest absolute Gasteiger partial charge is 0.313 e. The molecule has 0 radical (unpaired) electrons. The fourth-order valence-corrected chi connectivity index (χ4v) is 4.27. The molecule has 2 fully saturated rings. The second-order valence-corrected chi connectivity index (χ2v) is 6.96. The summed E-state index contributed by atoms with van der Waals surface area (Å²) in [6, 6.07) is 2.28. The first-order valence-corrected chi connectivity index (χ1v) is 8.49. The molecule has 2 aliphatic rings. The molecule has 0 saturated carbocycles. The van der Waals surface area contributed by atoms with E-state index in [4.69, 9.17) is 0 Å². The van der Waals surface area contributed by atoms with Crippen LogP contribution in [0.25, 0.3) is 0 Å². The summed E-state index contributed by atoms with van der Waals surface area (Å²) in [6.45, 7) is 7.23. The van der Waals surface area contributed by atoms with Crippen LogP contribution < -0.4 is 5.32 Å². The zero-order valence-electron chi connectivity index (χ0n) is 11.5. The zero-order valence-corrected chi connectivity index (χ0v) is 12.3. The Bertz CT molecular complexity index is 208. The van der Waals surface area contributed by atoms with Gasteiger partial charge in [0.05, 0.1) is 0 Å². The van der Waals surface area contributed by atoms with E-state index in [-0.39, 0.29) is 0 Å². The number of nitrogens with zero attached hydrogens (tertiary/aromatic N) is 1. The van der Waals surface area contributed by atoms with Crippen LogP contribution in [0.1, 0.15) is 46.0 Å². The second kappa shape index (κ2) is 7.01. The first-order chi connectivity index (χ1) is 8.27. The minimum atomic E-state index is 0.697. The van der Waals surface area contributed by atoms with Crippen LogP contribution in [0, 0.1) is 0 Å². The van der Waals surface area contributed by atoms with Gasteiger partial charge < -0.3 is 5.32 Å². The molecule has 0 aromatic carbocycles. The van der Waals surface area contributed by atoms with E-state index in [1.807, 2.05) is 0 Å². The van der Waals surface area contributed by atoms with Crippen molar-refractivity contribution < 1.29 is 0 Å². The molecule has 2 rings (SSSR count). The van der Waals surface area contributed by atoms with Crippen LogP contribution in [0.5, 0.6) is 0 Å². The van der Waals surface area contributed by atoms with E-state index in [2.05, 4.69) is 35.8 Å². The summed E-state index contributed by atoms with van der Waals surface area (Å²) < 4.78 is 0. The van der Waals surface area contributed by atoms with Crippen LogP contribution in [-0.2, 0) is 0 Å². The Hall–Kier alpha value is 0.270. The number of piperidine rings is 1. The van der Waals surface area contributed by atoms with Gasteiger partial charge in [-0.25, -0.2) is 0 Å². The van der Waals surface area contributed by atoms with Crippen molar-refractivity contribution >= 4 is 11.8 Å². The smallest absolute Gasteiger partial charge is 0.0195 e. The number of nitrogens with one attached hydrogen (secondary N) is 1. The van der Waals surface area contributed by atoms with Crippen molar-refractivity contribution in [3.8, 4) is 0 Å². The molecule has 17 heavy (non-hydrogen) atoms. The Balaban J connectivity index is 1.86. The fraction of sp³-hybridized carbons (Fsp3) is 1.00. The lowest BCUT2D eigenvalue weighted by Crippen LogP contribution is -2.51. The average molecular weight is 256 g/mol. The van der Waals surface area contributed by atoms with Gasteiger partial charge in [-0.1, -0.05) is 6.42 Å². The molecule has 0 spiro atoms. The van der Waals surface area contributed by atoms with Crippen molar-refractivity contribution in [2.75, 3.05) is 24.6 Å². The highest BCUT2D eigenvalue weighted by Gasteiger charge is 2.26. The minimum Gasteiger partial charge on any atom is -0.313 e. The van der Waals surface area contributed by atoms with E-state index in [1.54, 1.807) is 0 Å². The number of rotatable bonds is 4. The van der Waals surface area contributed by atoms with Crippen LogP contribution >= 0.6 is 11.8 Å². The molecule has 2 aliphatic heterocycles. The first-order valence-electron chi connectivity index (χ1n) is 7.34. The van der Waals surface area contributed by atoms with Crippen molar-refractivity contribution in [2.45, 2.75) is 64.1 Å². The van der Waals surface area contributed by atoms with Crippen LogP contribution in [-0.4, -0.2) is 47.6 Å². The monoisotopic (exact) mass is 256 g/mol. The molecule has 0 aliphatic carbocycles. The first kappa shape index (κ1) is 13.7. The number of thioether (sulfide) groups is 1. The Labute approximate surface area is 111 Å². The SMILES string of the molecule is CC(C)N(CC1CCCCN1)C1CCCSC1. The summed E-state index contributed by atoms with van der Waals surface area (Å²) in [5, 5.41) is 3.70. The van der Waals surface area contributed by atoms with Gasteiger partial charge in [-0.2, -0.15) is 11.8 Å². The third kappa shape index (κ3) is 4.15. The van der Waals surface area contributed by atoms with Gasteiger partial charge in [0.1, 0.15) is 0 Å². The van der Waals surface area contributed by atoms with E-state index >= 15 is 0 Å². The quantitative estimate of drug-likeness (QED) is 0.832. The lowest BCUT2D eigenvalue weighted by molar-refractivity contribution is 0.132. The van der Waals surface area contributed by atoms with E-state index in [0.29, 0.717) is 6.04 Å². The van der Waals surface area contributed by atoms with Gasteiger partial charge in [0.2, 0.25) is 0 Å². The number of hydrogen-bond donors (Lipinski definition) is 1. The molecule has 100 valence electrons. The average Bonchev–Trinajstić information content (AvgIpc) is 2.38. The van der Waals surface area contributed by atoms with E-state index in [9.17, 15) is 0 Å². The highest BCUT2D eigenvalue weighted by molar-refractivity contribution is 7.99. The summed E-state index contributed by atoms with van der Waals surface area (Å²) in [5.41, 5.74) is 0. The summed E-state index contributed by atoms with van der Waals surface area (Å²) in [6.07, 6.45) is 7.00. The Morgan fingerprint density at radius 1 is 1.24 bits per heavy atom. The van der Waals surface area contributed by atoms with E-state index in [1.165, 1.54) is 56.7 Å². The van der Waals surface area contributed by atoms with Crippen molar-refractivity contribution in [3.05, 3.63) is 0 Å². The van der Waals surface area contributed by atoms with Crippen LogP contribution in [0.2, 0.25) is 0 Å². The summed E-state index contributed by atoms with van der Waals surface area (Å²) in [7, 11) is 0. The Morgan fingerprint density at radius 2 is 2.12 bits per heavy atom. The molecule has 0 aromatic rings. The maximum Gasteiger partial charge on any atom is 0.0195 e. The van der Waals surface area contributed by atoms with Crippen molar-refractivity contribution in [1.82, 2.24) is 10.2 Å². The van der Waals surface area contributed by atoms with Gasteiger partial charge in [0.15, 0.2) is 0 Å². The lowest BCUT2D eigenvalue weighted by atomic mass is 10.0. The maximum absolute atomic E-state index is 3.70. The topological polar surface area (TPSA) is 15.3 Å². The Morgan fingerprint density at radius 3 is 2.71 bits per heavy atom. The number of hydrogen-bond acceptors (Lipinski definition) is 3. The maximum atomic E-state index is 3.70. The van der Waals surface area contributed by atoms with Crippen LogP contribution in [0.15, 0.2) is 0 Å². The Kier molecular flexibility index (Phi) is 5.64. The second-order valence-electron chi connectivity index (χ2n) is 5.81. The van der Waals surface area contributed by atoms with Gasteiger partial charge in [-0.3, -0.25) is 4.90 Å². The van der Waals surface area contributed by atoms with Gasteiger partial charge in [0.25, 0.3) is 0 Å². The normalized spacial score (nSPS) is 31.1. The standard InChI is InChI=1S/C14H28N2S/c1-12(2)16(14-7-5-9-17-11-14)10-13-6-3-4-8-15-13/h12-15H,3-11H2,1-2H3. The fourth-order valence-electron chi connectivity index (χ4n) is 3.10. The molecular weight excluding hydrogens is 228 g/mol. The molecule has 3 heteroatoms. The molecule has 0 amide bonds. The molecule has 2 saturated heterocycles. The molecule has 2 unspecified atom stereocenters. The van der Waals surface area contributed by atoms with Gasteiger partial charge in [-0.15, -0.1) is 0 Å². The highest BCUT2D eigenvalue weighted by atomic mass is 32.2. The predicted molar refractivity (Wildman–Crippen MR) is 77.8 cm³/mol. The molecular formula is C14H28N2S. The van der Waals surface area contributed by atoms with Crippen LogP contribution in [0.4, 0.5) is 0 Å². The highest BCUT2D eigenvalue weighted by Crippen LogP contribution is 2.24. The molecule has 0 bridgehead atoms. The van der Waals surface area contributed by atoms with Gasteiger partial charge in [-0.05, 0) is 51.8 Å². The van der Waals surface area contributed by atoms with Crippen molar-refractivity contribution in [1.29, 1.82) is 0 Å².